The highest BCUT2D eigenvalue weighted by Crippen LogP contribution is 2.17. The van der Waals surface area contributed by atoms with E-state index in [2.05, 4.69) is 20.3 Å². The molecule has 3 aromatic rings. The van der Waals surface area contributed by atoms with E-state index in [1.54, 1.807) is 18.2 Å². The van der Waals surface area contributed by atoms with E-state index in [1.165, 1.54) is 19.2 Å². The predicted molar refractivity (Wildman–Crippen MR) is 101 cm³/mol. The standard InChI is InChI=1S/C20H17N3O5/c1-27-19(25)14-7-9-15(10-8-14)21-18(24)12-28-20(26)17-11-16(22-23-17)13-5-3-2-4-6-13/h2-11H,12H2,1H3,(H,21,24)(H,22,23). The minimum Gasteiger partial charge on any atom is -0.465 e. The number of aromatic nitrogens is 2. The Labute approximate surface area is 160 Å². The van der Waals surface area contributed by atoms with Crippen LogP contribution in [0.5, 0.6) is 0 Å². The van der Waals surface area contributed by atoms with Crippen molar-refractivity contribution in [3.63, 3.8) is 0 Å². The number of H-pyrrole nitrogens is 1. The lowest BCUT2D eigenvalue weighted by Crippen LogP contribution is -2.21. The number of methoxy groups -OCH3 is 1. The number of rotatable bonds is 6. The summed E-state index contributed by atoms with van der Waals surface area (Å²) in [7, 11) is 1.29. The average Bonchev–Trinajstić information content (AvgIpc) is 3.23. The van der Waals surface area contributed by atoms with Crippen LogP contribution in [-0.4, -0.2) is 41.8 Å². The zero-order valence-corrected chi connectivity index (χ0v) is 15.0. The molecular formula is C20H17N3O5. The van der Waals surface area contributed by atoms with E-state index in [1.807, 2.05) is 30.3 Å². The van der Waals surface area contributed by atoms with Crippen molar-refractivity contribution >= 4 is 23.5 Å². The number of hydrogen-bond acceptors (Lipinski definition) is 6. The van der Waals surface area contributed by atoms with Crippen LogP contribution in [0.2, 0.25) is 0 Å². The summed E-state index contributed by atoms with van der Waals surface area (Å²) in [5.74, 6) is -1.67. The van der Waals surface area contributed by atoms with Gasteiger partial charge in [-0.15, -0.1) is 0 Å². The van der Waals surface area contributed by atoms with E-state index >= 15 is 0 Å². The molecule has 0 atom stereocenters. The van der Waals surface area contributed by atoms with E-state index in [0.717, 1.165) is 5.56 Å². The lowest BCUT2D eigenvalue weighted by atomic mass is 10.1. The van der Waals surface area contributed by atoms with Crippen LogP contribution in [0, 0.1) is 0 Å². The van der Waals surface area contributed by atoms with Crippen LogP contribution in [-0.2, 0) is 14.3 Å². The van der Waals surface area contributed by atoms with Crippen LogP contribution in [0.1, 0.15) is 20.8 Å². The maximum Gasteiger partial charge on any atom is 0.356 e. The molecule has 0 aliphatic carbocycles. The van der Waals surface area contributed by atoms with E-state index in [0.29, 0.717) is 16.9 Å². The molecule has 1 aromatic heterocycles. The van der Waals surface area contributed by atoms with Gasteiger partial charge >= 0.3 is 11.9 Å². The molecule has 0 spiro atoms. The van der Waals surface area contributed by atoms with E-state index < -0.39 is 24.5 Å². The molecule has 142 valence electrons. The van der Waals surface area contributed by atoms with Crippen molar-refractivity contribution in [2.24, 2.45) is 0 Å². The molecule has 0 radical (unpaired) electrons. The largest absolute Gasteiger partial charge is 0.465 e. The fourth-order valence-electron chi connectivity index (χ4n) is 2.40. The number of amides is 1. The quantitative estimate of drug-likeness (QED) is 0.637. The smallest absolute Gasteiger partial charge is 0.356 e. The Balaban J connectivity index is 1.52. The summed E-state index contributed by atoms with van der Waals surface area (Å²) < 4.78 is 9.60. The first-order chi connectivity index (χ1) is 13.6. The summed E-state index contributed by atoms with van der Waals surface area (Å²) in [6, 6.07) is 17.0. The van der Waals surface area contributed by atoms with E-state index in [-0.39, 0.29) is 5.69 Å². The van der Waals surface area contributed by atoms with Crippen molar-refractivity contribution in [3.05, 3.63) is 71.9 Å². The number of ether oxygens (including phenoxy) is 2. The molecule has 2 aromatic carbocycles. The molecule has 0 aliphatic rings. The highest BCUT2D eigenvalue weighted by atomic mass is 16.5. The molecule has 8 nitrogen and oxygen atoms in total. The zero-order valence-electron chi connectivity index (χ0n) is 15.0. The van der Waals surface area contributed by atoms with Gasteiger partial charge in [-0.05, 0) is 30.3 Å². The number of carbonyl (C=O) groups excluding carboxylic acids is 3. The minimum atomic E-state index is -0.689. The van der Waals surface area contributed by atoms with Crippen LogP contribution < -0.4 is 5.32 Å². The van der Waals surface area contributed by atoms with Crippen molar-refractivity contribution in [2.45, 2.75) is 0 Å². The number of nitrogens with one attached hydrogen (secondary N) is 2. The lowest BCUT2D eigenvalue weighted by Gasteiger charge is -2.06. The van der Waals surface area contributed by atoms with Gasteiger partial charge in [-0.2, -0.15) is 5.10 Å². The molecule has 1 amide bonds. The van der Waals surface area contributed by atoms with Gasteiger partial charge in [-0.25, -0.2) is 9.59 Å². The van der Waals surface area contributed by atoms with Crippen LogP contribution >= 0.6 is 0 Å². The molecular weight excluding hydrogens is 362 g/mol. The third kappa shape index (κ3) is 4.61. The Kier molecular flexibility index (Phi) is 5.81. The highest BCUT2D eigenvalue weighted by molar-refractivity contribution is 5.96. The highest BCUT2D eigenvalue weighted by Gasteiger charge is 2.14. The second-order valence-electron chi connectivity index (χ2n) is 5.73. The SMILES string of the molecule is COC(=O)c1ccc(NC(=O)COC(=O)c2cc(-c3ccccc3)n[nH]2)cc1. The summed E-state index contributed by atoms with van der Waals surface area (Å²) in [5, 5.41) is 9.24. The number of aromatic amines is 1. The summed E-state index contributed by atoms with van der Waals surface area (Å²) in [5.41, 5.74) is 2.42. The topological polar surface area (TPSA) is 110 Å². The second-order valence-corrected chi connectivity index (χ2v) is 5.73. The maximum atomic E-state index is 12.1. The van der Waals surface area contributed by atoms with Crippen molar-refractivity contribution in [3.8, 4) is 11.3 Å². The van der Waals surface area contributed by atoms with E-state index in [9.17, 15) is 14.4 Å². The zero-order chi connectivity index (χ0) is 19.9. The summed E-state index contributed by atoms with van der Waals surface area (Å²) >= 11 is 0. The van der Waals surface area contributed by atoms with Crippen LogP contribution in [0.3, 0.4) is 0 Å². The summed E-state index contributed by atoms with van der Waals surface area (Å²) in [4.78, 5) is 35.4. The fourth-order valence-corrected chi connectivity index (χ4v) is 2.40. The number of benzene rings is 2. The number of anilines is 1. The molecule has 0 fully saturated rings. The Bertz CT molecular complexity index is 981. The Morgan fingerprint density at radius 1 is 1.00 bits per heavy atom. The summed E-state index contributed by atoms with van der Waals surface area (Å²) in [6.45, 7) is -0.461. The summed E-state index contributed by atoms with van der Waals surface area (Å²) in [6.07, 6.45) is 0. The molecule has 28 heavy (non-hydrogen) atoms. The average molecular weight is 379 g/mol. The molecule has 0 unspecified atom stereocenters. The molecule has 1 heterocycles. The minimum absolute atomic E-state index is 0.147. The number of hydrogen-bond donors (Lipinski definition) is 2. The molecule has 8 heteroatoms. The molecule has 3 rings (SSSR count). The van der Waals surface area contributed by atoms with Crippen molar-refractivity contribution in [1.82, 2.24) is 10.2 Å². The lowest BCUT2D eigenvalue weighted by molar-refractivity contribution is -0.119. The molecule has 0 bridgehead atoms. The van der Waals surface area contributed by atoms with Crippen LogP contribution in [0.4, 0.5) is 5.69 Å². The Hall–Kier alpha value is -3.94. The molecule has 0 aliphatic heterocycles. The Morgan fingerprint density at radius 3 is 2.39 bits per heavy atom. The molecule has 0 saturated heterocycles. The van der Waals surface area contributed by atoms with Gasteiger partial charge in [-0.1, -0.05) is 30.3 Å². The number of nitrogens with zero attached hydrogens (tertiary/aromatic N) is 1. The van der Waals surface area contributed by atoms with Crippen molar-refractivity contribution < 1.29 is 23.9 Å². The van der Waals surface area contributed by atoms with Crippen molar-refractivity contribution in [2.75, 3.05) is 19.0 Å². The third-order valence-corrected chi connectivity index (χ3v) is 3.79. The predicted octanol–water partition coefficient (Wildman–Crippen LogP) is 2.66. The molecule has 2 N–H and O–H groups in total. The monoisotopic (exact) mass is 379 g/mol. The van der Waals surface area contributed by atoms with Crippen molar-refractivity contribution in [1.29, 1.82) is 0 Å². The van der Waals surface area contributed by atoms with Gasteiger partial charge in [0.2, 0.25) is 0 Å². The van der Waals surface area contributed by atoms with Gasteiger partial charge in [-0.3, -0.25) is 9.89 Å². The first kappa shape index (κ1) is 18.8. The second kappa shape index (κ2) is 8.63. The van der Waals surface area contributed by atoms with Gasteiger partial charge < -0.3 is 14.8 Å². The van der Waals surface area contributed by atoms with Crippen LogP contribution in [0.25, 0.3) is 11.3 Å². The fraction of sp³-hybridized carbons (Fsp3) is 0.100. The normalized spacial score (nSPS) is 10.2. The van der Waals surface area contributed by atoms with Gasteiger partial charge in [0.25, 0.3) is 5.91 Å². The first-order valence-corrected chi connectivity index (χ1v) is 8.33. The maximum absolute atomic E-state index is 12.1. The molecule has 0 saturated carbocycles. The third-order valence-electron chi connectivity index (χ3n) is 3.79. The van der Waals surface area contributed by atoms with Gasteiger partial charge in [0.05, 0.1) is 18.4 Å². The van der Waals surface area contributed by atoms with E-state index in [4.69, 9.17) is 4.74 Å². The van der Waals surface area contributed by atoms with Gasteiger partial charge in [0, 0.05) is 11.3 Å². The first-order valence-electron chi connectivity index (χ1n) is 8.33. The van der Waals surface area contributed by atoms with Crippen LogP contribution in [0.15, 0.2) is 60.7 Å². The van der Waals surface area contributed by atoms with Gasteiger partial charge in [0.1, 0.15) is 5.69 Å². The van der Waals surface area contributed by atoms with Gasteiger partial charge in [0.15, 0.2) is 6.61 Å². The number of esters is 2. The Morgan fingerprint density at radius 2 is 1.71 bits per heavy atom. The number of carbonyl (C=O) groups is 3.